The molecule has 1 fully saturated rings. The normalized spacial score (nSPS) is 18.6. The lowest BCUT2D eigenvalue weighted by Crippen LogP contribution is -2.33. The first-order chi connectivity index (χ1) is 16.4. The molecule has 9 heteroatoms. The second kappa shape index (κ2) is 8.66. The monoisotopic (exact) mass is 514 g/mol. The number of rotatable bonds is 4. The lowest BCUT2D eigenvalue weighted by Gasteiger charge is -2.30. The standard InChI is InChI=1S/C25H27ClN4O2S2/c1-25(2)12-18-19(13-32-25)34-22-20(18)21(31)29(17-6-4-3-5-7-17)23-27-28-24(30(22)23)33-14-15-8-10-16(26)11-9-15/h8-11,17H,3-7,12-14H2,1-2H3. The summed E-state index contributed by atoms with van der Waals surface area (Å²) in [6.45, 7) is 4.75. The Bertz CT molecular complexity index is 1430. The summed E-state index contributed by atoms with van der Waals surface area (Å²) in [5, 5.41) is 11.5. The van der Waals surface area contributed by atoms with Gasteiger partial charge in [-0.05, 0) is 49.9 Å². The van der Waals surface area contributed by atoms with Crippen molar-refractivity contribution in [1.82, 2.24) is 19.2 Å². The van der Waals surface area contributed by atoms with Crippen molar-refractivity contribution in [2.75, 3.05) is 0 Å². The number of benzene rings is 1. The molecule has 2 aliphatic rings. The molecule has 178 valence electrons. The van der Waals surface area contributed by atoms with Gasteiger partial charge in [-0.2, -0.15) is 0 Å². The van der Waals surface area contributed by atoms with Gasteiger partial charge in [0.15, 0.2) is 5.16 Å². The van der Waals surface area contributed by atoms with Gasteiger partial charge in [0.2, 0.25) is 5.78 Å². The zero-order valence-corrected chi connectivity index (χ0v) is 21.7. The summed E-state index contributed by atoms with van der Waals surface area (Å²) in [5.41, 5.74) is 2.13. The molecule has 1 aliphatic heterocycles. The highest BCUT2D eigenvalue weighted by atomic mass is 35.5. The Morgan fingerprint density at radius 2 is 1.94 bits per heavy atom. The predicted octanol–water partition coefficient (Wildman–Crippen LogP) is 6.41. The third-order valence-corrected chi connectivity index (χ3v) is 9.40. The topological polar surface area (TPSA) is 61.4 Å². The van der Waals surface area contributed by atoms with Gasteiger partial charge in [-0.3, -0.25) is 9.36 Å². The van der Waals surface area contributed by atoms with Crippen LogP contribution in [0.2, 0.25) is 5.02 Å². The first-order valence-corrected chi connectivity index (χ1v) is 14.0. The number of ether oxygens (including phenoxy) is 1. The smallest absolute Gasteiger partial charge is 0.264 e. The first kappa shape index (κ1) is 22.6. The molecule has 6 nitrogen and oxygen atoms in total. The van der Waals surface area contributed by atoms with Crippen LogP contribution in [-0.2, 0) is 23.5 Å². The van der Waals surface area contributed by atoms with Gasteiger partial charge in [-0.25, -0.2) is 4.40 Å². The van der Waals surface area contributed by atoms with E-state index in [1.807, 2.05) is 28.8 Å². The fourth-order valence-corrected chi connectivity index (χ4v) is 7.51. The minimum absolute atomic E-state index is 0.0891. The summed E-state index contributed by atoms with van der Waals surface area (Å²) in [7, 11) is 0. The Hall–Kier alpha value is -1.87. The SMILES string of the molecule is CC1(C)Cc2c(sc3c2c(=O)n(C2CCCCC2)c2nnc(SCc4ccc(Cl)cc4)n32)CO1. The van der Waals surface area contributed by atoms with Crippen LogP contribution in [0.4, 0.5) is 0 Å². The van der Waals surface area contributed by atoms with Crippen LogP contribution in [0, 0.1) is 0 Å². The molecule has 0 atom stereocenters. The largest absolute Gasteiger partial charge is 0.370 e. The van der Waals surface area contributed by atoms with Crippen molar-refractivity contribution in [3.63, 3.8) is 0 Å². The molecule has 6 rings (SSSR count). The number of nitrogens with zero attached hydrogens (tertiary/aromatic N) is 4. The highest BCUT2D eigenvalue weighted by Gasteiger charge is 2.33. The molecule has 34 heavy (non-hydrogen) atoms. The lowest BCUT2D eigenvalue weighted by molar-refractivity contribution is -0.0379. The molecule has 4 heterocycles. The molecule has 0 saturated heterocycles. The molecule has 1 aliphatic carbocycles. The number of hydrogen-bond donors (Lipinski definition) is 0. The van der Waals surface area contributed by atoms with Crippen LogP contribution in [0.3, 0.4) is 0 Å². The van der Waals surface area contributed by atoms with E-state index in [4.69, 9.17) is 16.3 Å². The fourth-order valence-electron chi connectivity index (χ4n) is 5.21. The van der Waals surface area contributed by atoms with Crippen LogP contribution < -0.4 is 5.56 Å². The van der Waals surface area contributed by atoms with Crippen molar-refractivity contribution in [2.45, 2.75) is 81.5 Å². The summed E-state index contributed by atoms with van der Waals surface area (Å²) >= 11 is 9.36. The van der Waals surface area contributed by atoms with Crippen molar-refractivity contribution < 1.29 is 4.74 Å². The van der Waals surface area contributed by atoms with E-state index in [9.17, 15) is 4.79 Å². The summed E-state index contributed by atoms with van der Waals surface area (Å²) in [6.07, 6.45) is 6.30. The van der Waals surface area contributed by atoms with Crippen LogP contribution in [0.15, 0.2) is 34.2 Å². The molecule has 0 spiro atoms. The lowest BCUT2D eigenvalue weighted by atomic mass is 9.93. The third-order valence-electron chi connectivity index (χ3n) is 6.96. The molecule has 0 unspecified atom stereocenters. The average Bonchev–Trinajstić information content (AvgIpc) is 3.40. The number of thioether (sulfide) groups is 1. The van der Waals surface area contributed by atoms with E-state index in [-0.39, 0.29) is 17.2 Å². The van der Waals surface area contributed by atoms with Gasteiger partial charge in [0.1, 0.15) is 4.83 Å². The van der Waals surface area contributed by atoms with E-state index in [1.54, 1.807) is 23.1 Å². The molecular formula is C25H27ClN4O2S2. The Balaban J connectivity index is 1.54. The van der Waals surface area contributed by atoms with Gasteiger partial charge in [0, 0.05) is 28.1 Å². The molecule has 0 bridgehead atoms. The van der Waals surface area contributed by atoms with Crippen molar-refractivity contribution in [3.05, 3.63) is 55.6 Å². The maximum absolute atomic E-state index is 14.0. The minimum atomic E-state index is -0.280. The van der Waals surface area contributed by atoms with Crippen LogP contribution in [0.25, 0.3) is 16.0 Å². The molecule has 1 saturated carbocycles. The van der Waals surface area contributed by atoms with Gasteiger partial charge in [-0.1, -0.05) is 54.8 Å². The highest BCUT2D eigenvalue weighted by Crippen LogP contribution is 2.40. The molecule has 0 radical (unpaired) electrons. The maximum atomic E-state index is 14.0. The summed E-state index contributed by atoms with van der Waals surface area (Å²) in [5.74, 6) is 1.42. The summed E-state index contributed by atoms with van der Waals surface area (Å²) in [4.78, 5) is 16.1. The number of aromatic nitrogens is 4. The van der Waals surface area contributed by atoms with Crippen molar-refractivity contribution in [1.29, 1.82) is 0 Å². The van der Waals surface area contributed by atoms with Gasteiger partial charge in [-0.15, -0.1) is 21.5 Å². The second-order valence-corrected chi connectivity index (χ2v) is 12.4. The second-order valence-electron chi connectivity index (χ2n) is 9.91. The van der Waals surface area contributed by atoms with Crippen molar-refractivity contribution >= 4 is 50.7 Å². The third kappa shape index (κ3) is 3.88. The summed E-state index contributed by atoms with van der Waals surface area (Å²) in [6, 6.07) is 8.07. The van der Waals surface area contributed by atoms with Gasteiger partial charge >= 0.3 is 0 Å². The van der Waals surface area contributed by atoms with E-state index in [1.165, 1.54) is 12.0 Å². The van der Waals surface area contributed by atoms with Crippen LogP contribution in [0.5, 0.6) is 0 Å². The maximum Gasteiger partial charge on any atom is 0.264 e. The zero-order chi connectivity index (χ0) is 23.4. The minimum Gasteiger partial charge on any atom is -0.370 e. The fraction of sp³-hybridized carbons (Fsp3) is 0.480. The molecule has 3 aromatic heterocycles. The number of fused-ring (bicyclic) bond motifs is 5. The van der Waals surface area contributed by atoms with Gasteiger partial charge in [0.05, 0.1) is 17.6 Å². The van der Waals surface area contributed by atoms with Crippen LogP contribution in [-0.4, -0.2) is 24.8 Å². The Morgan fingerprint density at radius 1 is 1.18 bits per heavy atom. The summed E-state index contributed by atoms with van der Waals surface area (Å²) < 4.78 is 10.2. The average molecular weight is 515 g/mol. The quantitative estimate of drug-likeness (QED) is 0.294. The van der Waals surface area contributed by atoms with Gasteiger partial charge < -0.3 is 4.74 Å². The van der Waals surface area contributed by atoms with E-state index >= 15 is 0 Å². The van der Waals surface area contributed by atoms with E-state index in [2.05, 4.69) is 28.4 Å². The molecule has 1 aromatic carbocycles. The molecule has 4 aromatic rings. The Morgan fingerprint density at radius 3 is 2.71 bits per heavy atom. The molecular weight excluding hydrogens is 488 g/mol. The van der Waals surface area contributed by atoms with Crippen molar-refractivity contribution in [2.24, 2.45) is 0 Å². The number of hydrogen-bond acceptors (Lipinski definition) is 6. The molecule has 0 amide bonds. The predicted molar refractivity (Wildman–Crippen MR) is 138 cm³/mol. The van der Waals surface area contributed by atoms with E-state index < -0.39 is 0 Å². The molecule has 0 N–H and O–H groups in total. The first-order valence-electron chi connectivity index (χ1n) is 11.9. The Labute approximate surface area is 211 Å². The van der Waals surface area contributed by atoms with Crippen molar-refractivity contribution in [3.8, 4) is 0 Å². The zero-order valence-electron chi connectivity index (χ0n) is 19.3. The van der Waals surface area contributed by atoms with E-state index in [0.717, 1.165) is 68.7 Å². The highest BCUT2D eigenvalue weighted by molar-refractivity contribution is 7.98. The number of halogens is 1. The van der Waals surface area contributed by atoms with Crippen LogP contribution >= 0.6 is 34.7 Å². The van der Waals surface area contributed by atoms with Crippen LogP contribution in [0.1, 0.15) is 68.0 Å². The van der Waals surface area contributed by atoms with Gasteiger partial charge in [0.25, 0.3) is 5.56 Å². The Kier molecular flexibility index (Phi) is 5.75. The van der Waals surface area contributed by atoms with E-state index in [0.29, 0.717) is 12.4 Å². The number of thiophene rings is 1.